The second-order valence-electron chi connectivity index (χ2n) is 14.9. The van der Waals surface area contributed by atoms with E-state index < -0.39 is 102 Å². The van der Waals surface area contributed by atoms with E-state index in [1.807, 2.05) is 24.3 Å². The van der Waals surface area contributed by atoms with Crippen molar-refractivity contribution in [2.24, 2.45) is 34.0 Å². The van der Waals surface area contributed by atoms with Crippen LogP contribution < -0.4 is 49.1 Å². The van der Waals surface area contributed by atoms with Gasteiger partial charge in [-0.1, -0.05) is 45.9 Å². The van der Waals surface area contributed by atoms with Gasteiger partial charge in [0.1, 0.15) is 36.3 Å². The number of rotatable bonds is 24. The number of nitrogens with zero attached hydrogens (tertiary/aromatic N) is 1. The highest BCUT2D eigenvalue weighted by Gasteiger charge is 2.36. The molecule has 0 aliphatic rings. The topological polar surface area (TPSA) is 355 Å². The normalized spacial score (nSPS) is 14.7. The first kappa shape index (κ1) is 48.9. The van der Waals surface area contributed by atoms with Crippen LogP contribution in [0.4, 0.5) is 0 Å². The van der Waals surface area contributed by atoms with Crippen LogP contribution in [0.15, 0.2) is 35.5 Å². The van der Waals surface area contributed by atoms with Crippen molar-refractivity contribution in [1.82, 2.24) is 36.9 Å². The minimum absolute atomic E-state index is 0.0378. The molecule has 0 aliphatic carbocycles. The van der Waals surface area contributed by atoms with E-state index >= 15 is 0 Å². The van der Waals surface area contributed by atoms with Crippen LogP contribution in [0.25, 0.3) is 10.9 Å². The molecule has 0 aliphatic heterocycles. The van der Waals surface area contributed by atoms with Gasteiger partial charge in [0.25, 0.3) is 0 Å². The molecule has 0 saturated heterocycles. The number of aliphatic hydroxyl groups is 1. The molecule has 1 heterocycles. The van der Waals surface area contributed by atoms with Gasteiger partial charge in [-0.25, -0.2) is 4.79 Å². The monoisotopic (exact) mass is 829 g/mol. The molecule has 59 heavy (non-hydrogen) atoms. The molecule has 0 fully saturated rings. The summed E-state index contributed by atoms with van der Waals surface area (Å²) >= 11 is 0. The second kappa shape index (κ2) is 23.2. The predicted octanol–water partition coefficient (Wildman–Crippen LogP) is -2.26. The van der Waals surface area contributed by atoms with Gasteiger partial charge in [-0.3, -0.25) is 38.6 Å². The number of nitrogens with one attached hydrogen (secondary N) is 7. The SMILES string of the molecule is CC(=O)N[C@@H](Cc1c[nH]c2ccccc12)C(=O)N[C@@H](CCC(N)=O)C(=O)N[C@H](C(=O)N[C@H](C(=O)N[C@@H](CCCN=C(N)N)C(=O)N[C@H](C(=O)O)C(C)C)[C@@H](C)O)C(C)C. The van der Waals surface area contributed by atoms with E-state index in [-0.39, 0.29) is 44.6 Å². The van der Waals surface area contributed by atoms with Crippen LogP contribution in [-0.4, -0.2) is 117 Å². The predicted molar refractivity (Wildman–Crippen MR) is 217 cm³/mol. The third kappa shape index (κ3) is 15.9. The number of carboxylic acids is 1. The molecular weight excluding hydrogens is 770 g/mol. The van der Waals surface area contributed by atoms with Gasteiger partial charge in [-0.15, -0.1) is 0 Å². The van der Waals surface area contributed by atoms with E-state index in [2.05, 4.69) is 41.9 Å². The van der Waals surface area contributed by atoms with Gasteiger partial charge in [-0.05, 0) is 49.7 Å². The highest BCUT2D eigenvalue weighted by atomic mass is 16.4. The van der Waals surface area contributed by atoms with Crippen molar-refractivity contribution in [2.45, 2.75) is 116 Å². The third-order valence-corrected chi connectivity index (χ3v) is 9.22. The highest BCUT2D eigenvalue weighted by Crippen LogP contribution is 2.19. The highest BCUT2D eigenvalue weighted by molar-refractivity contribution is 5.97. The molecule has 7 atom stereocenters. The minimum atomic E-state index is -1.68. The van der Waals surface area contributed by atoms with Gasteiger partial charge in [0.2, 0.25) is 41.4 Å². The number of carbonyl (C=O) groups excluding carboxylic acids is 7. The van der Waals surface area contributed by atoms with Crippen LogP contribution in [-0.2, 0) is 44.8 Å². The number of hydrogen-bond donors (Lipinski definition) is 12. The molecule has 0 unspecified atom stereocenters. The number of fused-ring (bicyclic) bond motifs is 1. The van der Waals surface area contributed by atoms with Crippen LogP contribution in [0.5, 0.6) is 0 Å². The minimum Gasteiger partial charge on any atom is -0.480 e. The number of primary amides is 1. The molecule has 2 rings (SSSR count). The van der Waals surface area contributed by atoms with E-state index in [0.717, 1.165) is 10.9 Å². The average Bonchev–Trinajstić information content (AvgIpc) is 3.55. The van der Waals surface area contributed by atoms with Crippen LogP contribution in [0.3, 0.4) is 0 Å². The zero-order valence-corrected chi connectivity index (χ0v) is 34.2. The Labute approximate surface area is 341 Å². The fraction of sp³-hybridized carbons (Fsp3) is 0.553. The summed E-state index contributed by atoms with van der Waals surface area (Å²) in [6, 6.07) is -0.932. The molecule has 1 aromatic carbocycles. The molecule has 0 saturated carbocycles. The smallest absolute Gasteiger partial charge is 0.326 e. The lowest BCUT2D eigenvalue weighted by Gasteiger charge is -2.29. The summed E-state index contributed by atoms with van der Waals surface area (Å²) in [6.07, 6.45) is -0.305. The third-order valence-electron chi connectivity index (χ3n) is 9.22. The Kier molecular flexibility index (Phi) is 19.3. The zero-order valence-electron chi connectivity index (χ0n) is 34.2. The van der Waals surface area contributed by atoms with Gasteiger partial charge in [-0.2, -0.15) is 0 Å². The largest absolute Gasteiger partial charge is 0.480 e. The first-order chi connectivity index (χ1) is 27.6. The van der Waals surface area contributed by atoms with E-state index in [1.54, 1.807) is 33.9 Å². The molecule has 0 bridgehead atoms. The van der Waals surface area contributed by atoms with Crippen molar-refractivity contribution in [3.05, 3.63) is 36.0 Å². The number of carboxylic acid groups (broad SMARTS) is 1. The van der Waals surface area contributed by atoms with Gasteiger partial charge < -0.3 is 64.3 Å². The Bertz CT molecular complexity index is 1840. The molecule has 2 aromatic rings. The molecule has 1 aromatic heterocycles. The summed E-state index contributed by atoms with van der Waals surface area (Å²) in [7, 11) is 0. The number of nitrogens with two attached hydrogens (primary N) is 3. The molecule has 7 amide bonds. The first-order valence-electron chi connectivity index (χ1n) is 19.2. The maximum absolute atomic E-state index is 13.8. The number of aromatic nitrogens is 1. The molecule has 21 nitrogen and oxygen atoms in total. The van der Waals surface area contributed by atoms with E-state index in [9.17, 15) is 48.6 Å². The number of aromatic amines is 1. The fourth-order valence-electron chi connectivity index (χ4n) is 6.04. The molecule has 0 spiro atoms. The molecular formula is C38H59N11O10. The molecule has 15 N–H and O–H groups in total. The Morgan fingerprint density at radius 3 is 1.76 bits per heavy atom. The zero-order chi connectivity index (χ0) is 44.6. The van der Waals surface area contributed by atoms with Crippen molar-refractivity contribution >= 4 is 64.2 Å². The Morgan fingerprint density at radius 2 is 1.22 bits per heavy atom. The maximum Gasteiger partial charge on any atom is 0.326 e. The lowest BCUT2D eigenvalue weighted by atomic mass is 10.00. The van der Waals surface area contributed by atoms with E-state index in [0.29, 0.717) is 5.56 Å². The van der Waals surface area contributed by atoms with Crippen LogP contribution >= 0.6 is 0 Å². The number of benzene rings is 1. The Hall–Kier alpha value is -6.25. The number of para-hydroxylation sites is 1. The Morgan fingerprint density at radius 1 is 0.695 bits per heavy atom. The molecule has 326 valence electrons. The van der Waals surface area contributed by atoms with Crippen molar-refractivity contribution in [1.29, 1.82) is 0 Å². The molecule has 21 heteroatoms. The average molecular weight is 830 g/mol. The maximum atomic E-state index is 13.8. The van der Waals surface area contributed by atoms with Gasteiger partial charge >= 0.3 is 5.97 Å². The van der Waals surface area contributed by atoms with E-state index in [1.165, 1.54) is 13.8 Å². The van der Waals surface area contributed by atoms with Gasteiger partial charge in [0.05, 0.1) is 6.10 Å². The van der Waals surface area contributed by atoms with Crippen molar-refractivity contribution in [3.8, 4) is 0 Å². The van der Waals surface area contributed by atoms with Gasteiger partial charge in [0, 0.05) is 43.4 Å². The summed E-state index contributed by atoms with van der Waals surface area (Å²) < 4.78 is 0. The Balaban J connectivity index is 2.31. The van der Waals surface area contributed by atoms with Gasteiger partial charge in [0.15, 0.2) is 5.96 Å². The summed E-state index contributed by atoms with van der Waals surface area (Å²) in [5, 5.41) is 36.0. The van der Waals surface area contributed by atoms with E-state index in [4.69, 9.17) is 17.2 Å². The van der Waals surface area contributed by atoms with Crippen LogP contribution in [0.1, 0.15) is 72.8 Å². The molecule has 0 radical (unpaired) electrons. The first-order valence-corrected chi connectivity index (χ1v) is 19.2. The number of aliphatic hydroxyl groups excluding tert-OH is 1. The number of aliphatic carboxylic acids is 1. The summed E-state index contributed by atoms with van der Waals surface area (Å²) in [4.78, 5) is 111. The number of hydrogen-bond acceptors (Lipinski definition) is 10. The quantitative estimate of drug-likeness (QED) is 0.0303. The lowest BCUT2D eigenvalue weighted by Crippen LogP contribution is -2.62. The van der Waals surface area contributed by atoms with Crippen LogP contribution in [0, 0.1) is 11.8 Å². The van der Waals surface area contributed by atoms with Crippen molar-refractivity contribution in [3.63, 3.8) is 0 Å². The number of guanidine groups is 1. The van der Waals surface area contributed by atoms with Crippen LogP contribution in [0.2, 0.25) is 0 Å². The number of amides is 7. The number of carbonyl (C=O) groups is 8. The lowest BCUT2D eigenvalue weighted by molar-refractivity contribution is -0.143. The second-order valence-corrected chi connectivity index (χ2v) is 14.9. The standard InChI is InChI=1S/C38H59N11O10/c1-18(2)29(35(56)49-31(20(5)50)36(57)46-25(12-9-15-42-38(40)41)32(53)48-30(19(3)4)37(58)59)47-33(54)26(13-14-28(39)52)45-34(55)27(44-21(6)51)16-22-17-43-24-11-8-7-10-23(22)24/h7-8,10-11,17-20,25-27,29-31,43,50H,9,12-16H2,1-6H3,(H2,39,52)(H,44,51)(H,45,55)(H,46,57)(H,47,54)(H,48,53)(H,49,56)(H,58,59)(H4,40,41,42)/t20-,25+,26+,27+,29+,30+,31+/m1/s1. The fourth-order valence-corrected chi connectivity index (χ4v) is 6.04. The summed E-state index contributed by atoms with van der Waals surface area (Å²) in [5.41, 5.74) is 17.6. The summed E-state index contributed by atoms with van der Waals surface area (Å²) in [5.74, 6) is -8.40. The van der Waals surface area contributed by atoms with Crippen molar-refractivity contribution < 1.29 is 48.6 Å². The number of H-pyrrole nitrogens is 1. The van der Waals surface area contributed by atoms with Crippen molar-refractivity contribution in [2.75, 3.05) is 6.54 Å². The summed E-state index contributed by atoms with van der Waals surface area (Å²) in [6.45, 7) is 8.83. The number of aliphatic imine (C=N–C) groups is 1.